The zero-order chi connectivity index (χ0) is 24.3. The summed E-state index contributed by atoms with van der Waals surface area (Å²) in [6.45, 7) is 13.8. The van der Waals surface area contributed by atoms with Crippen molar-refractivity contribution in [2.45, 2.75) is 79.8 Å². The quantitative estimate of drug-likeness (QED) is 0.185. The first-order valence-electron chi connectivity index (χ1n) is 9.88. The molecule has 9 nitrogen and oxygen atoms in total. The van der Waals surface area contributed by atoms with Crippen LogP contribution in [-0.4, -0.2) is 61.0 Å². The molecular weight excluding hydrogens is 415 g/mol. The van der Waals surface area contributed by atoms with Crippen molar-refractivity contribution in [3.8, 4) is 0 Å². The molecule has 0 heterocycles. The molecule has 0 rings (SSSR count). The Morgan fingerprint density at radius 1 is 0.867 bits per heavy atom. The first-order chi connectivity index (χ1) is 13.2. The molecule has 0 radical (unpaired) electrons. The average molecular weight is 463 g/mol. The standard InChI is InChI=1S/C7H13NO2.C5H11NO.C4H9O.C2H8N2.C2H6O.K/c1-6(9)4-3-5-8-7(2)10;1-5(7)3-2-4-6;1-4(2,3)5;3-1-2-4;1-2-3;/h3-5H2,1-2H3,(H,8,10);2-4,6H2,1H3;1-3H3;1-4H2;3H,2H2,1H3;/q;;-1;;;+1. The van der Waals surface area contributed by atoms with E-state index < -0.39 is 5.60 Å². The fourth-order valence-electron chi connectivity index (χ4n) is 0.953. The minimum Gasteiger partial charge on any atom is -0.850 e. The molecule has 0 spiro atoms. The summed E-state index contributed by atoms with van der Waals surface area (Å²) in [5, 5.41) is 20.3. The molecule has 0 aromatic rings. The Bertz CT molecular complexity index is 342. The van der Waals surface area contributed by atoms with E-state index >= 15 is 0 Å². The molecule has 0 bridgehead atoms. The molecule has 0 saturated heterocycles. The third kappa shape index (κ3) is 140. The second-order valence-electron chi connectivity index (χ2n) is 6.89. The van der Waals surface area contributed by atoms with Gasteiger partial charge in [-0.05, 0) is 40.2 Å². The zero-order valence-electron chi connectivity index (χ0n) is 20.7. The van der Waals surface area contributed by atoms with Crippen molar-refractivity contribution in [1.29, 1.82) is 0 Å². The van der Waals surface area contributed by atoms with E-state index in [9.17, 15) is 19.5 Å². The fraction of sp³-hybridized carbons (Fsp3) is 0.850. The number of rotatable bonds is 8. The number of ketones is 2. The van der Waals surface area contributed by atoms with Crippen LogP contribution < -0.4 is 79.0 Å². The van der Waals surface area contributed by atoms with E-state index in [0.717, 1.165) is 12.8 Å². The number of aliphatic hydroxyl groups is 1. The summed E-state index contributed by atoms with van der Waals surface area (Å²) in [7, 11) is 0. The molecule has 0 aromatic heterocycles. The molecule has 30 heavy (non-hydrogen) atoms. The summed E-state index contributed by atoms with van der Waals surface area (Å²) in [6.07, 6.45) is 2.76. The van der Waals surface area contributed by atoms with Crippen molar-refractivity contribution in [2.75, 3.05) is 32.8 Å². The van der Waals surface area contributed by atoms with Crippen LogP contribution in [0.3, 0.4) is 0 Å². The molecule has 0 atom stereocenters. The third-order valence-electron chi connectivity index (χ3n) is 1.98. The van der Waals surface area contributed by atoms with Crippen molar-refractivity contribution in [3.63, 3.8) is 0 Å². The van der Waals surface area contributed by atoms with Crippen LogP contribution in [0.1, 0.15) is 74.1 Å². The van der Waals surface area contributed by atoms with Gasteiger partial charge < -0.3 is 42.3 Å². The van der Waals surface area contributed by atoms with E-state index in [-0.39, 0.29) is 75.5 Å². The van der Waals surface area contributed by atoms with Crippen LogP contribution >= 0.6 is 0 Å². The van der Waals surface area contributed by atoms with Gasteiger partial charge in [0.05, 0.1) is 0 Å². The smallest absolute Gasteiger partial charge is 0.850 e. The molecule has 178 valence electrons. The van der Waals surface area contributed by atoms with E-state index in [1.165, 1.54) is 6.92 Å². The topological polar surface area (TPSA) is 185 Å². The van der Waals surface area contributed by atoms with Crippen LogP contribution in [0.2, 0.25) is 0 Å². The Kier molecular flexibility index (Phi) is 53.7. The summed E-state index contributed by atoms with van der Waals surface area (Å²) in [5.74, 6) is 0.361. The normalized spacial score (nSPS) is 8.67. The van der Waals surface area contributed by atoms with Gasteiger partial charge >= 0.3 is 51.4 Å². The molecule has 0 unspecified atom stereocenters. The van der Waals surface area contributed by atoms with Crippen molar-refractivity contribution in [3.05, 3.63) is 0 Å². The maximum absolute atomic E-state index is 10.4. The predicted molar refractivity (Wildman–Crippen MR) is 118 cm³/mol. The number of hydrogen-bond acceptors (Lipinski definition) is 8. The van der Waals surface area contributed by atoms with Gasteiger partial charge in [0, 0.05) is 46.0 Å². The molecule has 0 aromatic carbocycles. The maximum atomic E-state index is 10.4. The van der Waals surface area contributed by atoms with Crippen LogP contribution in [0.25, 0.3) is 0 Å². The molecule has 1 amide bonds. The number of carbonyl (C=O) groups is 3. The molecule has 0 fully saturated rings. The van der Waals surface area contributed by atoms with Crippen LogP contribution in [0, 0.1) is 0 Å². The first kappa shape index (κ1) is 44.0. The van der Waals surface area contributed by atoms with Gasteiger partial charge in [0.25, 0.3) is 0 Å². The maximum Gasteiger partial charge on any atom is 1.00 e. The SMILES string of the molecule is CC(=O)CCCN.CC(=O)CCCNC(C)=O.CC(C)(C)[O-].CCO.NCCN.[K+]. The Hall–Kier alpha value is 0.246. The van der Waals surface area contributed by atoms with Crippen LogP contribution in [-0.2, 0) is 14.4 Å². The Balaban J connectivity index is -0.0000000636. The van der Waals surface area contributed by atoms with Gasteiger partial charge in [-0.3, -0.25) is 4.79 Å². The van der Waals surface area contributed by atoms with E-state index in [2.05, 4.69) is 5.32 Å². The summed E-state index contributed by atoms with van der Waals surface area (Å²) >= 11 is 0. The number of nitrogens with two attached hydrogens (primary N) is 3. The molecule has 0 aliphatic carbocycles. The summed E-state index contributed by atoms with van der Waals surface area (Å²) in [5.41, 5.74) is 14.2. The van der Waals surface area contributed by atoms with Crippen molar-refractivity contribution in [2.24, 2.45) is 17.2 Å². The second kappa shape index (κ2) is 36.6. The molecule has 0 aliphatic rings. The van der Waals surface area contributed by atoms with Gasteiger partial charge in [0.1, 0.15) is 11.6 Å². The van der Waals surface area contributed by atoms with E-state index in [1.807, 2.05) is 0 Å². The van der Waals surface area contributed by atoms with Gasteiger partial charge in [-0.15, -0.1) is 5.60 Å². The largest absolute Gasteiger partial charge is 1.00 e. The summed E-state index contributed by atoms with van der Waals surface area (Å²) in [4.78, 5) is 30.8. The number of carbonyl (C=O) groups excluding carboxylic acids is 3. The van der Waals surface area contributed by atoms with E-state index in [1.54, 1.807) is 41.5 Å². The Morgan fingerprint density at radius 3 is 1.33 bits per heavy atom. The Morgan fingerprint density at radius 2 is 1.17 bits per heavy atom. The van der Waals surface area contributed by atoms with Crippen molar-refractivity contribution < 1.29 is 76.0 Å². The monoisotopic (exact) mass is 462 g/mol. The van der Waals surface area contributed by atoms with Gasteiger partial charge in [-0.1, -0.05) is 20.8 Å². The average Bonchev–Trinajstić information content (AvgIpc) is 2.56. The second-order valence-corrected chi connectivity index (χ2v) is 6.89. The van der Waals surface area contributed by atoms with Gasteiger partial charge in [0.2, 0.25) is 5.91 Å². The van der Waals surface area contributed by atoms with Gasteiger partial charge in [-0.2, -0.15) is 0 Å². The van der Waals surface area contributed by atoms with Crippen LogP contribution in [0.4, 0.5) is 0 Å². The third-order valence-corrected chi connectivity index (χ3v) is 1.98. The fourth-order valence-corrected chi connectivity index (χ4v) is 0.953. The van der Waals surface area contributed by atoms with Crippen LogP contribution in [0.15, 0.2) is 0 Å². The predicted octanol–water partition coefficient (Wildman–Crippen LogP) is -3.14. The minimum atomic E-state index is -0.750. The Labute approximate surface area is 226 Å². The van der Waals surface area contributed by atoms with E-state index in [0.29, 0.717) is 39.0 Å². The molecule has 0 saturated carbocycles. The van der Waals surface area contributed by atoms with Crippen molar-refractivity contribution >= 4 is 17.5 Å². The number of aliphatic hydroxyl groups excluding tert-OH is 1. The number of hydrogen-bond donors (Lipinski definition) is 5. The minimum absolute atomic E-state index is 0. The van der Waals surface area contributed by atoms with Gasteiger partial charge in [-0.25, -0.2) is 0 Å². The molecule has 8 N–H and O–H groups in total. The number of amides is 1. The summed E-state index contributed by atoms with van der Waals surface area (Å²) in [6, 6.07) is 0. The van der Waals surface area contributed by atoms with Crippen molar-refractivity contribution in [1.82, 2.24) is 5.32 Å². The summed E-state index contributed by atoms with van der Waals surface area (Å²) < 4.78 is 0. The van der Waals surface area contributed by atoms with E-state index in [4.69, 9.17) is 22.3 Å². The van der Waals surface area contributed by atoms with Gasteiger partial charge in [0.15, 0.2) is 0 Å². The zero-order valence-corrected chi connectivity index (χ0v) is 23.8. The van der Waals surface area contributed by atoms with Crippen LogP contribution in [0.5, 0.6) is 0 Å². The number of nitrogens with one attached hydrogen (secondary N) is 1. The molecular formula is C20H47KN4O5. The molecule has 0 aliphatic heterocycles. The molecule has 10 heteroatoms. The number of Topliss-reactive ketones (excluding diaryl/α,β-unsaturated/α-hetero) is 2. The first-order valence-corrected chi connectivity index (χ1v) is 9.88.